The van der Waals surface area contributed by atoms with Gasteiger partial charge in [-0.1, -0.05) is 6.07 Å². The molecule has 0 saturated carbocycles. The van der Waals surface area contributed by atoms with Crippen LogP contribution in [0.5, 0.6) is 0 Å². The van der Waals surface area contributed by atoms with E-state index in [-0.39, 0.29) is 29.8 Å². The average Bonchev–Trinajstić information content (AvgIpc) is 3.27. The molecule has 9 heteroatoms. The Bertz CT molecular complexity index is 996. The zero-order valence-electron chi connectivity index (χ0n) is 13.0. The van der Waals surface area contributed by atoms with E-state index in [4.69, 9.17) is 0 Å². The van der Waals surface area contributed by atoms with Crippen LogP contribution >= 0.6 is 22.7 Å². The monoisotopic (exact) mass is 374 g/mol. The number of thiophene rings is 2. The number of carbonyl (C=O) groups excluding carboxylic acids is 2. The molecule has 7 nitrogen and oxygen atoms in total. The van der Waals surface area contributed by atoms with Crippen molar-refractivity contribution in [1.82, 2.24) is 15.0 Å². The van der Waals surface area contributed by atoms with Gasteiger partial charge in [-0.3, -0.25) is 19.8 Å². The van der Waals surface area contributed by atoms with Gasteiger partial charge in [-0.15, -0.1) is 22.7 Å². The molecule has 3 aromatic rings. The summed E-state index contributed by atoms with van der Waals surface area (Å²) < 4.78 is 1.13. The van der Waals surface area contributed by atoms with Gasteiger partial charge in [-0.05, 0) is 17.9 Å². The maximum Gasteiger partial charge on any atom is 0.281 e. The second-order valence-electron chi connectivity index (χ2n) is 5.74. The number of hydrogen-bond acceptors (Lipinski definition) is 6. The molecule has 0 radical (unpaired) electrons. The quantitative estimate of drug-likeness (QED) is 0.731. The first-order valence-corrected chi connectivity index (χ1v) is 9.49. The Hall–Kier alpha value is -2.52. The molecular weight excluding hydrogens is 360 g/mol. The molecule has 0 aliphatic carbocycles. The van der Waals surface area contributed by atoms with Crippen LogP contribution in [-0.2, 0) is 9.59 Å². The fourth-order valence-electron chi connectivity index (χ4n) is 2.79. The van der Waals surface area contributed by atoms with E-state index in [2.05, 4.69) is 15.7 Å². The lowest BCUT2D eigenvalue weighted by Crippen LogP contribution is -2.44. The summed E-state index contributed by atoms with van der Waals surface area (Å²) in [4.78, 5) is 42.3. The maximum absolute atomic E-state index is 12.8. The third-order valence-corrected chi connectivity index (χ3v) is 5.94. The molecule has 4 heterocycles. The highest BCUT2D eigenvalue weighted by atomic mass is 32.1. The number of nitrogens with one attached hydrogen (secondary N) is 2. The van der Waals surface area contributed by atoms with Crippen LogP contribution in [0, 0.1) is 5.92 Å². The maximum atomic E-state index is 12.8. The first-order valence-electron chi connectivity index (χ1n) is 7.74. The van der Waals surface area contributed by atoms with Gasteiger partial charge in [0.05, 0.1) is 11.3 Å². The number of fused-ring (bicyclic) bond motifs is 1. The van der Waals surface area contributed by atoms with Crippen molar-refractivity contribution in [1.29, 1.82) is 0 Å². The molecule has 25 heavy (non-hydrogen) atoms. The number of rotatable bonds is 3. The van der Waals surface area contributed by atoms with Crippen molar-refractivity contribution in [2.45, 2.75) is 12.8 Å². The molecule has 4 rings (SSSR count). The van der Waals surface area contributed by atoms with Crippen LogP contribution in [0.15, 0.2) is 34.0 Å². The lowest BCUT2D eigenvalue weighted by atomic mass is 9.99. The normalized spacial score (nSPS) is 17.4. The van der Waals surface area contributed by atoms with Crippen molar-refractivity contribution >= 4 is 44.7 Å². The molecule has 1 atom stereocenters. The van der Waals surface area contributed by atoms with E-state index in [1.165, 1.54) is 17.7 Å². The fourth-order valence-corrected chi connectivity index (χ4v) is 4.51. The standard InChI is InChI=1S/C16H14N4O3S2/c21-12-4-3-9(6-17-12)14(22)19-20-8-18-15-13(16(20)23)10(7-25-15)11-2-1-5-24-11/h1-2,5,7-9H,3-4,6H2,(H,17,21)(H,19,22). The van der Waals surface area contributed by atoms with Gasteiger partial charge in [0.1, 0.15) is 11.2 Å². The Labute approximate surface area is 150 Å². The molecule has 1 fully saturated rings. The van der Waals surface area contributed by atoms with Crippen molar-refractivity contribution < 1.29 is 9.59 Å². The van der Waals surface area contributed by atoms with Crippen LogP contribution in [0.2, 0.25) is 0 Å². The van der Waals surface area contributed by atoms with Crippen LogP contribution in [0.3, 0.4) is 0 Å². The molecule has 2 amide bonds. The van der Waals surface area contributed by atoms with Crippen LogP contribution in [-0.4, -0.2) is 28.0 Å². The summed E-state index contributed by atoms with van der Waals surface area (Å²) in [5.74, 6) is -0.696. The molecule has 1 unspecified atom stereocenters. The largest absolute Gasteiger partial charge is 0.355 e. The summed E-state index contributed by atoms with van der Waals surface area (Å²) in [6.07, 6.45) is 2.12. The van der Waals surface area contributed by atoms with E-state index in [0.717, 1.165) is 15.1 Å². The van der Waals surface area contributed by atoms with Crippen LogP contribution in [0.25, 0.3) is 20.7 Å². The molecular formula is C16H14N4O3S2. The molecule has 1 aliphatic heterocycles. The lowest BCUT2D eigenvalue weighted by Gasteiger charge is -2.21. The van der Waals surface area contributed by atoms with E-state index in [0.29, 0.717) is 23.1 Å². The summed E-state index contributed by atoms with van der Waals surface area (Å²) in [7, 11) is 0. The SMILES string of the molecule is O=C1CCC(C(=O)Nn2cnc3scc(-c4cccs4)c3c2=O)CN1. The van der Waals surface area contributed by atoms with E-state index in [1.807, 2.05) is 22.9 Å². The number of hydrogen-bond donors (Lipinski definition) is 2. The second-order valence-corrected chi connectivity index (χ2v) is 7.55. The highest BCUT2D eigenvalue weighted by molar-refractivity contribution is 7.18. The Morgan fingerprint density at radius 3 is 2.96 bits per heavy atom. The zero-order valence-corrected chi connectivity index (χ0v) is 14.7. The van der Waals surface area contributed by atoms with Gasteiger partial charge in [0.15, 0.2) is 0 Å². The molecule has 0 bridgehead atoms. The summed E-state index contributed by atoms with van der Waals surface area (Å²) in [5.41, 5.74) is 3.14. The first kappa shape index (κ1) is 16.0. The van der Waals surface area contributed by atoms with Crippen molar-refractivity contribution in [3.63, 3.8) is 0 Å². The Morgan fingerprint density at radius 1 is 1.36 bits per heavy atom. The highest BCUT2D eigenvalue weighted by Crippen LogP contribution is 2.33. The van der Waals surface area contributed by atoms with Crippen LogP contribution < -0.4 is 16.3 Å². The van der Waals surface area contributed by atoms with Crippen molar-refractivity contribution in [2.24, 2.45) is 5.92 Å². The van der Waals surface area contributed by atoms with Gasteiger partial charge in [-0.2, -0.15) is 0 Å². The fraction of sp³-hybridized carbons (Fsp3) is 0.250. The molecule has 1 saturated heterocycles. The van der Waals surface area contributed by atoms with Gasteiger partial charge in [-0.25, -0.2) is 9.66 Å². The van der Waals surface area contributed by atoms with Gasteiger partial charge in [0.2, 0.25) is 11.8 Å². The average molecular weight is 374 g/mol. The number of amides is 2. The molecule has 2 N–H and O–H groups in total. The zero-order chi connectivity index (χ0) is 17.4. The van der Waals surface area contributed by atoms with Gasteiger partial charge in [0.25, 0.3) is 5.56 Å². The summed E-state index contributed by atoms with van der Waals surface area (Å²) in [6, 6.07) is 3.88. The number of carbonyl (C=O) groups is 2. The van der Waals surface area contributed by atoms with Gasteiger partial charge < -0.3 is 5.32 Å². The minimum Gasteiger partial charge on any atom is -0.355 e. The Kier molecular flexibility index (Phi) is 4.10. The predicted molar refractivity (Wildman–Crippen MR) is 97.3 cm³/mol. The third kappa shape index (κ3) is 2.96. The third-order valence-electron chi connectivity index (χ3n) is 4.15. The van der Waals surface area contributed by atoms with E-state index in [9.17, 15) is 14.4 Å². The summed E-state index contributed by atoms with van der Waals surface area (Å²) in [6.45, 7) is 0.286. The number of aromatic nitrogens is 2. The van der Waals surface area contributed by atoms with Crippen LogP contribution in [0.1, 0.15) is 12.8 Å². The topological polar surface area (TPSA) is 93.1 Å². The second kappa shape index (κ2) is 6.41. The molecule has 1 aliphatic rings. The van der Waals surface area contributed by atoms with Crippen molar-refractivity contribution in [3.05, 3.63) is 39.6 Å². The minimum absolute atomic E-state index is 0.0526. The molecule has 0 aromatic carbocycles. The lowest BCUT2D eigenvalue weighted by molar-refractivity contribution is -0.126. The Balaban J connectivity index is 1.65. The van der Waals surface area contributed by atoms with Crippen LogP contribution in [0.4, 0.5) is 0 Å². The minimum atomic E-state index is -0.348. The Morgan fingerprint density at radius 2 is 2.24 bits per heavy atom. The highest BCUT2D eigenvalue weighted by Gasteiger charge is 2.25. The number of nitrogens with zero attached hydrogens (tertiary/aromatic N) is 2. The van der Waals surface area contributed by atoms with Crippen molar-refractivity contribution in [2.75, 3.05) is 12.0 Å². The summed E-state index contributed by atoms with van der Waals surface area (Å²) >= 11 is 2.95. The van der Waals surface area contributed by atoms with E-state index in [1.54, 1.807) is 11.3 Å². The summed E-state index contributed by atoms with van der Waals surface area (Å²) in [5, 5.41) is 7.04. The predicted octanol–water partition coefficient (Wildman–Crippen LogP) is 1.78. The number of piperidine rings is 1. The molecule has 3 aromatic heterocycles. The van der Waals surface area contributed by atoms with Crippen molar-refractivity contribution in [3.8, 4) is 10.4 Å². The van der Waals surface area contributed by atoms with Gasteiger partial charge in [0, 0.05) is 28.8 Å². The van der Waals surface area contributed by atoms with Gasteiger partial charge >= 0.3 is 0 Å². The smallest absolute Gasteiger partial charge is 0.281 e. The first-order chi connectivity index (χ1) is 12.1. The van der Waals surface area contributed by atoms with E-state index < -0.39 is 0 Å². The molecule has 128 valence electrons. The van der Waals surface area contributed by atoms with E-state index >= 15 is 0 Å². The molecule has 0 spiro atoms.